The van der Waals surface area contributed by atoms with Crippen LogP contribution in [0.1, 0.15) is 27.9 Å². The van der Waals surface area contributed by atoms with Gasteiger partial charge in [-0.25, -0.2) is 13.8 Å². The van der Waals surface area contributed by atoms with Crippen molar-refractivity contribution in [2.45, 2.75) is 24.9 Å². The Morgan fingerprint density at radius 3 is 2.92 bits per heavy atom. The highest BCUT2D eigenvalue weighted by atomic mass is 19.3. The van der Waals surface area contributed by atoms with Gasteiger partial charge in [-0.15, -0.1) is 0 Å². The molecule has 0 aliphatic heterocycles. The van der Waals surface area contributed by atoms with Gasteiger partial charge in [0.25, 0.3) is 12.3 Å². The van der Waals surface area contributed by atoms with Crippen molar-refractivity contribution in [3.8, 4) is 5.88 Å². The minimum Gasteiger partial charge on any atom is -0.471 e. The van der Waals surface area contributed by atoms with Gasteiger partial charge in [-0.05, 0) is 36.1 Å². The zero-order chi connectivity index (χ0) is 17.9. The molecule has 1 atom stereocenters. The number of pyridine rings is 1. The Balaban J connectivity index is 1.70. The van der Waals surface area contributed by atoms with Crippen molar-refractivity contribution >= 4 is 5.91 Å². The fourth-order valence-electron chi connectivity index (χ4n) is 2.99. The first-order valence-corrected chi connectivity index (χ1v) is 7.94. The summed E-state index contributed by atoms with van der Waals surface area (Å²) in [5.41, 5.74) is 0.772. The molecule has 1 heterocycles. The van der Waals surface area contributed by atoms with Crippen LogP contribution in [0.15, 0.2) is 42.6 Å². The van der Waals surface area contributed by atoms with E-state index in [1.165, 1.54) is 18.3 Å². The fraction of sp³-hybridized carbons (Fsp3) is 0.333. The number of rotatable bonds is 6. The maximum absolute atomic E-state index is 12.4. The summed E-state index contributed by atoms with van der Waals surface area (Å²) in [7, 11) is 0. The highest BCUT2D eigenvalue weighted by Gasteiger charge is 2.36. The average molecular weight is 348 g/mol. The summed E-state index contributed by atoms with van der Waals surface area (Å²) >= 11 is 0. The minimum atomic E-state index is -2.66. The fourth-order valence-corrected chi connectivity index (χ4v) is 2.99. The largest absolute Gasteiger partial charge is 0.471 e. The third-order valence-corrected chi connectivity index (χ3v) is 4.23. The summed E-state index contributed by atoms with van der Waals surface area (Å²) in [6, 6.07) is 10.5. The Hall–Kier alpha value is -2.54. The molecule has 132 valence electrons. The molecule has 25 heavy (non-hydrogen) atoms. The predicted molar refractivity (Wildman–Crippen MR) is 86.7 cm³/mol. The van der Waals surface area contributed by atoms with Crippen LogP contribution < -0.4 is 10.1 Å². The van der Waals surface area contributed by atoms with Crippen LogP contribution in [0, 0.1) is 0 Å². The molecule has 0 fully saturated rings. The molecule has 1 aliphatic carbocycles. The lowest BCUT2D eigenvalue weighted by Gasteiger charge is -2.24. The molecule has 1 unspecified atom stereocenters. The van der Waals surface area contributed by atoms with Gasteiger partial charge in [0, 0.05) is 6.20 Å². The number of hydrogen-bond donors (Lipinski definition) is 2. The second-order valence-electron chi connectivity index (χ2n) is 5.93. The number of ether oxygens (including phenoxy) is 1. The second kappa shape index (κ2) is 7.14. The molecule has 0 bridgehead atoms. The van der Waals surface area contributed by atoms with Crippen molar-refractivity contribution < 1.29 is 23.4 Å². The number of nitrogens with zero attached hydrogens (tertiary/aromatic N) is 1. The van der Waals surface area contributed by atoms with E-state index in [0.29, 0.717) is 6.42 Å². The normalized spacial score (nSPS) is 18.9. The summed E-state index contributed by atoms with van der Waals surface area (Å²) in [5.74, 6) is -0.686. The van der Waals surface area contributed by atoms with Crippen LogP contribution in [0.5, 0.6) is 5.88 Å². The molecular weight excluding hydrogens is 330 g/mol. The van der Waals surface area contributed by atoms with Crippen molar-refractivity contribution in [2.75, 3.05) is 13.2 Å². The molecule has 0 spiro atoms. The molecule has 1 aromatic heterocycles. The van der Waals surface area contributed by atoms with Gasteiger partial charge in [0.2, 0.25) is 5.88 Å². The number of aryl methyl sites for hydroxylation is 1. The number of nitrogens with one attached hydrogen (secondary N) is 1. The zero-order valence-electron chi connectivity index (χ0n) is 13.4. The van der Waals surface area contributed by atoms with Crippen LogP contribution in [0.4, 0.5) is 8.78 Å². The number of carbonyl (C=O) groups excluding carboxylic acids is 1. The molecule has 7 heteroatoms. The molecule has 0 saturated carbocycles. The molecule has 0 saturated heterocycles. The molecule has 0 radical (unpaired) electrons. The van der Waals surface area contributed by atoms with Crippen LogP contribution >= 0.6 is 0 Å². The molecule has 1 amide bonds. The minimum absolute atomic E-state index is 0.0199. The summed E-state index contributed by atoms with van der Waals surface area (Å²) < 4.78 is 29.5. The quantitative estimate of drug-likeness (QED) is 0.840. The number of aliphatic hydroxyl groups is 1. The molecule has 2 aromatic rings. The maximum Gasteiger partial charge on any atom is 0.272 e. The topological polar surface area (TPSA) is 71.5 Å². The van der Waals surface area contributed by atoms with Gasteiger partial charge in [0.15, 0.2) is 6.61 Å². The van der Waals surface area contributed by atoms with Gasteiger partial charge in [0.05, 0.1) is 6.54 Å². The first-order valence-electron chi connectivity index (χ1n) is 7.94. The van der Waals surface area contributed by atoms with Crippen molar-refractivity contribution in [3.05, 3.63) is 59.3 Å². The number of benzene rings is 1. The summed E-state index contributed by atoms with van der Waals surface area (Å²) in [6.07, 6.45) is -0.0566. The Bertz CT molecular complexity index is 769. The van der Waals surface area contributed by atoms with Crippen LogP contribution in [0.3, 0.4) is 0 Å². The van der Waals surface area contributed by atoms with Crippen molar-refractivity contribution in [2.24, 2.45) is 0 Å². The summed E-state index contributed by atoms with van der Waals surface area (Å²) in [6.45, 7) is -0.819. The monoisotopic (exact) mass is 348 g/mol. The Morgan fingerprint density at radius 2 is 2.12 bits per heavy atom. The number of carbonyl (C=O) groups is 1. The Morgan fingerprint density at radius 1 is 1.32 bits per heavy atom. The summed E-state index contributed by atoms with van der Waals surface area (Å²) in [5, 5.41) is 13.5. The standard InChI is InChI=1S/C18H18F2N2O3/c19-15(20)10-25-17-13(5-3-9-21-17)16(23)22-11-18(24)8-7-12-4-1-2-6-14(12)18/h1-6,9,15,24H,7-8,10-11H2,(H,22,23). The lowest BCUT2D eigenvalue weighted by Crippen LogP contribution is -2.39. The van der Waals surface area contributed by atoms with E-state index in [4.69, 9.17) is 4.74 Å². The molecular formula is C18H18F2N2O3. The number of aromatic nitrogens is 1. The SMILES string of the molecule is O=C(NCC1(O)CCc2ccccc21)c1cccnc1OCC(F)F. The molecule has 5 nitrogen and oxygen atoms in total. The van der Waals surface area contributed by atoms with E-state index >= 15 is 0 Å². The Kier molecular flexibility index (Phi) is 4.94. The van der Waals surface area contributed by atoms with Crippen LogP contribution in [0.2, 0.25) is 0 Å². The van der Waals surface area contributed by atoms with Gasteiger partial charge in [-0.1, -0.05) is 24.3 Å². The van der Waals surface area contributed by atoms with E-state index in [9.17, 15) is 18.7 Å². The molecule has 3 rings (SSSR count). The van der Waals surface area contributed by atoms with Crippen LogP contribution in [-0.2, 0) is 12.0 Å². The number of amides is 1. The van der Waals surface area contributed by atoms with E-state index < -0.39 is 24.5 Å². The van der Waals surface area contributed by atoms with Gasteiger partial charge in [-0.3, -0.25) is 4.79 Å². The van der Waals surface area contributed by atoms with E-state index in [1.54, 1.807) is 0 Å². The average Bonchev–Trinajstić information content (AvgIpc) is 2.96. The number of hydrogen-bond acceptors (Lipinski definition) is 4. The maximum atomic E-state index is 12.4. The summed E-state index contributed by atoms with van der Waals surface area (Å²) in [4.78, 5) is 16.2. The third-order valence-electron chi connectivity index (χ3n) is 4.23. The zero-order valence-corrected chi connectivity index (χ0v) is 13.4. The smallest absolute Gasteiger partial charge is 0.272 e. The lowest BCUT2D eigenvalue weighted by molar-refractivity contribution is 0.0367. The molecule has 2 N–H and O–H groups in total. The second-order valence-corrected chi connectivity index (χ2v) is 5.93. The van der Waals surface area contributed by atoms with Crippen molar-refractivity contribution in [3.63, 3.8) is 0 Å². The number of fused-ring (bicyclic) bond motifs is 1. The lowest BCUT2D eigenvalue weighted by atomic mass is 9.96. The Labute approximate surface area is 143 Å². The number of halogens is 2. The van der Waals surface area contributed by atoms with E-state index in [2.05, 4.69) is 10.3 Å². The van der Waals surface area contributed by atoms with Crippen molar-refractivity contribution in [1.82, 2.24) is 10.3 Å². The van der Waals surface area contributed by atoms with E-state index in [-0.39, 0.29) is 18.0 Å². The van der Waals surface area contributed by atoms with E-state index in [0.717, 1.165) is 17.5 Å². The first-order chi connectivity index (χ1) is 12.0. The van der Waals surface area contributed by atoms with Gasteiger partial charge >= 0.3 is 0 Å². The van der Waals surface area contributed by atoms with Crippen LogP contribution in [-0.4, -0.2) is 35.6 Å². The highest BCUT2D eigenvalue weighted by molar-refractivity contribution is 5.96. The highest BCUT2D eigenvalue weighted by Crippen LogP contribution is 2.36. The van der Waals surface area contributed by atoms with Gasteiger partial charge < -0.3 is 15.2 Å². The van der Waals surface area contributed by atoms with E-state index in [1.807, 2.05) is 24.3 Å². The van der Waals surface area contributed by atoms with Crippen molar-refractivity contribution in [1.29, 1.82) is 0 Å². The van der Waals surface area contributed by atoms with Gasteiger partial charge in [0.1, 0.15) is 11.2 Å². The molecule has 1 aliphatic rings. The van der Waals surface area contributed by atoms with Crippen LogP contribution in [0.25, 0.3) is 0 Å². The predicted octanol–water partition coefficient (Wildman–Crippen LogP) is 2.29. The molecule has 1 aromatic carbocycles. The first kappa shape index (κ1) is 17.3. The number of alkyl halides is 2. The van der Waals surface area contributed by atoms with Gasteiger partial charge in [-0.2, -0.15) is 0 Å². The third kappa shape index (κ3) is 3.76.